The van der Waals surface area contributed by atoms with Crippen molar-refractivity contribution in [2.75, 3.05) is 18.0 Å². The number of hydrogen-bond acceptors (Lipinski definition) is 5. The minimum atomic E-state index is -0.182. The van der Waals surface area contributed by atoms with Crippen LogP contribution in [0, 0.1) is 5.92 Å². The highest BCUT2D eigenvalue weighted by Gasteiger charge is 2.24. The molecule has 1 aliphatic rings. The van der Waals surface area contributed by atoms with Gasteiger partial charge in [-0.2, -0.15) is 0 Å². The Balaban J connectivity index is 1.84. The molecule has 2 aromatic rings. The molecule has 0 aromatic carbocycles. The normalized spacial score (nSPS) is 17.2. The van der Waals surface area contributed by atoms with E-state index in [1.807, 2.05) is 11.4 Å². The second-order valence-corrected chi connectivity index (χ2v) is 5.41. The van der Waals surface area contributed by atoms with Crippen LogP contribution in [0.5, 0.6) is 0 Å². The third kappa shape index (κ3) is 1.92. The molecule has 0 radical (unpaired) electrons. The molecule has 1 aliphatic heterocycles. The highest BCUT2D eigenvalue weighted by molar-refractivity contribution is 7.17. The Morgan fingerprint density at radius 2 is 2.17 bits per heavy atom. The molecular formula is C12H14N4OS. The fourth-order valence-corrected chi connectivity index (χ4v) is 3.24. The summed E-state index contributed by atoms with van der Waals surface area (Å²) in [6.07, 6.45) is 3.23. The summed E-state index contributed by atoms with van der Waals surface area (Å²) in [5.74, 6) is 0.818. The fourth-order valence-electron chi connectivity index (χ4n) is 2.38. The zero-order valence-electron chi connectivity index (χ0n) is 9.87. The fraction of sp³-hybridized carbons (Fsp3) is 0.417. The molecule has 1 amide bonds. The molecule has 5 nitrogen and oxygen atoms in total. The Kier molecular flexibility index (Phi) is 2.87. The van der Waals surface area contributed by atoms with Crippen LogP contribution in [0.15, 0.2) is 17.8 Å². The summed E-state index contributed by atoms with van der Waals surface area (Å²) in [7, 11) is 0. The Labute approximate surface area is 109 Å². The van der Waals surface area contributed by atoms with E-state index in [4.69, 9.17) is 5.73 Å². The predicted molar refractivity (Wildman–Crippen MR) is 71.5 cm³/mol. The second-order valence-electron chi connectivity index (χ2n) is 4.50. The maximum absolute atomic E-state index is 11.1. The van der Waals surface area contributed by atoms with Gasteiger partial charge in [-0.25, -0.2) is 9.97 Å². The van der Waals surface area contributed by atoms with Crippen molar-refractivity contribution in [3.8, 4) is 0 Å². The van der Waals surface area contributed by atoms with E-state index in [2.05, 4.69) is 14.9 Å². The van der Waals surface area contributed by atoms with E-state index in [1.54, 1.807) is 17.7 Å². The molecule has 0 saturated carbocycles. The Morgan fingerprint density at radius 1 is 1.39 bits per heavy atom. The number of amides is 1. The van der Waals surface area contributed by atoms with Gasteiger partial charge in [-0.1, -0.05) is 0 Å². The van der Waals surface area contributed by atoms with Crippen molar-refractivity contribution in [2.24, 2.45) is 11.7 Å². The number of nitrogens with zero attached hydrogens (tertiary/aromatic N) is 3. The molecule has 0 atom stereocenters. The number of nitrogens with two attached hydrogens (primary N) is 1. The molecule has 2 N–H and O–H groups in total. The van der Waals surface area contributed by atoms with Crippen LogP contribution in [0.25, 0.3) is 10.2 Å². The number of fused-ring (bicyclic) bond motifs is 1. The van der Waals surface area contributed by atoms with Gasteiger partial charge in [-0.05, 0) is 24.3 Å². The molecule has 1 saturated heterocycles. The lowest BCUT2D eigenvalue weighted by Crippen LogP contribution is -2.38. The number of aromatic nitrogens is 2. The summed E-state index contributed by atoms with van der Waals surface area (Å²) in [4.78, 5) is 22.0. The van der Waals surface area contributed by atoms with E-state index in [9.17, 15) is 4.79 Å². The van der Waals surface area contributed by atoms with Gasteiger partial charge in [-0.15, -0.1) is 11.3 Å². The molecule has 1 fully saturated rings. The largest absolute Gasteiger partial charge is 0.369 e. The molecule has 94 valence electrons. The lowest BCUT2D eigenvalue weighted by molar-refractivity contribution is -0.122. The van der Waals surface area contributed by atoms with Crippen LogP contribution in [0.4, 0.5) is 5.82 Å². The topological polar surface area (TPSA) is 72.1 Å². The third-order valence-electron chi connectivity index (χ3n) is 3.42. The summed E-state index contributed by atoms with van der Waals surface area (Å²) in [5, 5.41) is 2.03. The highest BCUT2D eigenvalue weighted by atomic mass is 32.1. The van der Waals surface area contributed by atoms with Gasteiger partial charge in [0, 0.05) is 19.0 Å². The van der Waals surface area contributed by atoms with E-state index >= 15 is 0 Å². The van der Waals surface area contributed by atoms with Crippen LogP contribution in [0.3, 0.4) is 0 Å². The van der Waals surface area contributed by atoms with Crippen LogP contribution < -0.4 is 10.6 Å². The molecule has 18 heavy (non-hydrogen) atoms. The van der Waals surface area contributed by atoms with E-state index in [0.717, 1.165) is 42.0 Å². The van der Waals surface area contributed by atoms with Gasteiger partial charge < -0.3 is 10.6 Å². The van der Waals surface area contributed by atoms with Crippen molar-refractivity contribution < 1.29 is 4.79 Å². The third-order valence-corrected chi connectivity index (χ3v) is 4.32. The molecule has 0 bridgehead atoms. The van der Waals surface area contributed by atoms with Crippen molar-refractivity contribution in [2.45, 2.75) is 12.8 Å². The van der Waals surface area contributed by atoms with Crippen molar-refractivity contribution >= 4 is 33.3 Å². The van der Waals surface area contributed by atoms with Crippen LogP contribution in [0.1, 0.15) is 12.8 Å². The van der Waals surface area contributed by atoms with Gasteiger partial charge >= 0.3 is 0 Å². The van der Waals surface area contributed by atoms with Crippen LogP contribution in [0.2, 0.25) is 0 Å². The summed E-state index contributed by atoms with van der Waals surface area (Å²) < 4.78 is 1.12. The first kappa shape index (κ1) is 11.4. The Bertz CT molecular complexity index is 574. The van der Waals surface area contributed by atoms with Gasteiger partial charge in [0.1, 0.15) is 12.1 Å². The van der Waals surface area contributed by atoms with Crippen molar-refractivity contribution in [3.63, 3.8) is 0 Å². The van der Waals surface area contributed by atoms with E-state index in [1.165, 1.54) is 0 Å². The quantitative estimate of drug-likeness (QED) is 0.887. The molecular weight excluding hydrogens is 248 g/mol. The average molecular weight is 262 g/mol. The Morgan fingerprint density at radius 3 is 2.89 bits per heavy atom. The van der Waals surface area contributed by atoms with E-state index in [-0.39, 0.29) is 11.8 Å². The highest BCUT2D eigenvalue weighted by Crippen LogP contribution is 2.30. The number of carbonyl (C=O) groups excluding carboxylic acids is 1. The number of primary amides is 1. The first-order valence-corrected chi connectivity index (χ1v) is 6.86. The van der Waals surface area contributed by atoms with Crippen molar-refractivity contribution in [1.82, 2.24) is 9.97 Å². The van der Waals surface area contributed by atoms with Gasteiger partial charge in [0.15, 0.2) is 0 Å². The zero-order chi connectivity index (χ0) is 12.5. The number of anilines is 1. The molecule has 0 spiro atoms. The predicted octanol–water partition coefficient (Wildman–Crippen LogP) is 1.39. The average Bonchev–Trinajstić information content (AvgIpc) is 2.87. The smallest absolute Gasteiger partial charge is 0.220 e. The first-order valence-electron chi connectivity index (χ1n) is 5.98. The lowest BCUT2D eigenvalue weighted by Gasteiger charge is -2.31. The van der Waals surface area contributed by atoms with Crippen LogP contribution in [-0.4, -0.2) is 29.0 Å². The SMILES string of the molecule is NC(=O)C1CCN(c2ncnc3ccsc23)CC1. The number of rotatable bonds is 2. The van der Waals surface area contributed by atoms with Gasteiger partial charge in [0.25, 0.3) is 0 Å². The van der Waals surface area contributed by atoms with E-state index < -0.39 is 0 Å². The van der Waals surface area contributed by atoms with E-state index in [0.29, 0.717) is 0 Å². The maximum atomic E-state index is 11.1. The van der Waals surface area contributed by atoms with Crippen molar-refractivity contribution in [3.05, 3.63) is 17.8 Å². The van der Waals surface area contributed by atoms with Gasteiger partial charge in [0.05, 0.1) is 10.2 Å². The zero-order valence-corrected chi connectivity index (χ0v) is 10.7. The molecule has 3 heterocycles. The summed E-state index contributed by atoms with van der Waals surface area (Å²) >= 11 is 1.66. The van der Waals surface area contributed by atoms with Crippen LogP contribution >= 0.6 is 11.3 Å². The number of piperidine rings is 1. The maximum Gasteiger partial charge on any atom is 0.220 e. The molecule has 6 heteroatoms. The Hall–Kier alpha value is -1.69. The molecule has 0 unspecified atom stereocenters. The monoisotopic (exact) mass is 262 g/mol. The second kappa shape index (κ2) is 4.53. The standard InChI is InChI=1S/C12H14N4OS/c13-11(17)8-1-4-16(5-2-8)12-10-9(3-6-18-10)14-7-15-12/h3,6-8H,1-2,4-5H2,(H2,13,17). The molecule has 0 aliphatic carbocycles. The minimum absolute atomic E-state index is 0.0157. The number of hydrogen-bond donors (Lipinski definition) is 1. The lowest BCUT2D eigenvalue weighted by atomic mass is 9.96. The summed E-state index contributed by atoms with van der Waals surface area (Å²) in [5.41, 5.74) is 6.33. The molecule has 3 rings (SSSR count). The van der Waals surface area contributed by atoms with Crippen molar-refractivity contribution in [1.29, 1.82) is 0 Å². The number of carbonyl (C=O) groups is 1. The number of thiophene rings is 1. The molecule has 2 aromatic heterocycles. The van der Waals surface area contributed by atoms with Gasteiger partial charge in [-0.3, -0.25) is 4.79 Å². The minimum Gasteiger partial charge on any atom is -0.369 e. The summed E-state index contributed by atoms with van der Waals surface area (Å²) in [6, 6.07) is 2.00. The van der Waals surface area contributed by atoms with Crippen LogP contribution in [-0.2, 0) is 4.79 Å². The summed E-state index contributed by atoms with van der Waals surface area (Å²) in [6.45, 7) is 1.66. The van der Waals surface area contributed by atoms with Gasteiger partial charge in [0.2, 0.25) is 5.91 Å². The first-order chi connectivity index (χ1) is 8.75.